The van der Waals surface area contributed by atoms with Gasteiger partial charge in [0.2, 0.25) is 0 Å². The molecule has 0 spiro atoms. The van der Waals surface area contributed by atoms with E-state index in [0.29, 0.717) is 12.3 Å². The minimum Gasteiger partial charge on any atom is -0.481 e. The smallest absolute Gasteiger partial charge is 0.261 e. The fraction of sp³-hybridized carbons (Fsp3) is 0.214. The van der Waals surface area contributed by atoms with E-state index < -0.39 is 6.10 Å². The molecule has 0 saturated heterocycles. The van der Waals surface area contributed by atoms with Crippen molar-refractivity contribution in [2.24, 2.45) is 0 Å². The van der Waals surface area contributed by atoms with Crippen molar-refractivity contribution < 1.29 is 9.53 Å². The Bertz CT molecular complexity index is 525. The Labute approximate surface area is 124 Å². The van der Waals surface area contributed by atoms with Gasteiger partial charge in [-0.05, 0) is 42.6 Å². The molecule has 2 rings (SSSR count). The quantitative estimate of drug-likeness (QED) is 0.903. The molecule has 19 heavy (non-hydrogen) atoms. The fourth-order valence-electron chi connectivity index (χ4n) is 1.50. The van der Waals surface area contributed by atoms with Gasteiger partial charge in [-0.3, -0.25) is 4.79 Å². The van der Waals surface area contributed by atoms with Crippen LogP contribution in [0.25, 0.3) is 0 Å². The summed E-state index contributed by atoms with van der Waals surface area (Å²) in [5.74, 6) is 0.568. The molecule has 1 aromatic carbocycles. The van der Waals surface area contributed by atoms with Crippen molar-refractivity contribution >= 4 is 33.2 Å². The molecule has 0 aliphatic carbocycles. The Morgan fingerprint density at radius 1 is 1.37 bits per heavy atom. The van der Waals surface area contributed by atoms with Gasteiger partial charge in [-0.15, -0.1) is 11.3 Å². The number of thiophene rings is 1. The summed E-state index contributed by atoms with van der Waals surface area (Å²) >= 11 is 4.98. The maximum Gasteiger partial charge on any atom is 0.261 e. The van der Waals surface area contributed by atoms with Crippen molar-refractivity contribution in [2.75, 3.05) is 0 Å². The predicted molar refractivity (Wildman–Crippen MR) is 80.4 cm³/mol. The molecule has 0 bridgehead atoms. The summed E-state index contributed by atoms with van der Waals surface area (Å²) in [5.41, 5.74) is 0. The van der Waals surface area contributed by atoms with Crippen molar-refractivity contribution in [1.82, 2.24) is 5.32 Å². The van der Waals surface area contributed by atoms with Crippen LogP contribution in [-0.2, 0) is 11.3 Å². The normalized spacial score (nSPS) is 11.9. The highest BCUT2D eigenvalue weighted by atomic mass is 79.9. The maximum atomic E-state index is 11.9. The van der Waals surface area contributed by atoms with Crippen LogP contribution in [0.4, 0.5) is 0 Å². The van der Waals surface area contributed by atoms with E-state index in [9.17, 15) is 4.79 Å². The molecular formula is C14H14BrNO2S. The van der Waals surface area contributed by atoms with Crippen LogP contribution in [0.3, 0.4) is 0 Å². The topological polar surface area (TPSA) is 38.3 Å². The Morgan fingerprint density at radius 3 is 2.74 bits per heavy atom. The average Bonchev–Trinajstić information content (AvgIpc) is 2.91. The molecule has 0 fully saturated rings. The predicted octanol–water partition coefficient (Wildman–Crippen LogP) is 3.59. The molecule has 5 heteroatoms. The summed E-state index contributed by atoms with van der Waals surface area (Å²) in [7, 11) is 0. The molecule has 3 nitrogen and oxygen atoms in total. The summed E-state index contributed by atoms with van der Waals surface area (Å²) < 4.78 is 6.55. The van der Waals surface area contributed by atoms with Crippen LogP contribution in [0.1, 0.15) is 11.8 Å². The number of ether oxygens (including phenoxy) is 1. The van der Waals surface area contributed by atoms with Crippen LogP contribution in [0.15, 0.2) is 46.3 Å². The van der Waals surface area contributed by atoms with Gasteiger partial charge in [0.15, 0.2) is 6.10 Å². The van der Waals surface area contributed by atoms with Gasteiger partial charge in [0, 0.05) is 9.35 Å². The third kappa shape index (κ3) is 4.36. The average molecular weight is 340 g/mol. The number of halogens is 1. The Morgan fingerprint density at radius 2 is 2.11 bits per heavy atom. The summed E-state index contributed by atoms with van der Waals surface area (Å²) in [6.45, 7) is 2.29. The van der Waals surface area contributed by atoms with Gasteiger partial charge >= 0.3 is 0 Å². The molecule has 0 aliphatic rings. The molecule has 1 N–H and O–H groups in total. The highest BCUT2D eigenvalue weighted by Gasteiger charge is 2.14. The lowest BCUT2D eigenvalue weighted by molar-refractivity contribution is -0.127. The van der Waals surface area contributed by atoms with E-state index in [1.165, 1.54) is 0 Å². The van der Waals surface area contributed by atoms with E-state index in [4.69, 9.17) is 4.74 Å². The summed E-state index contributed by atoms with van der Waals surface area (Å²) in [6, 6.07) is 11.4. The minimum atomic E-state index is -0.513. The van der Waals surface area contributed by atoms with E-state index in [-0.39, 0.29) is 5.91 Å². The Kier molecular flexibility index (Phi) is 4.99. The van der Waals surface area contributed by atoms with Gasteiger partial charge in [0.1, 0.15) is 5.75 Å². The van der Waals surface area contributed by atoms with Crippen molar-refractivity contribution in [3.05, 3.63) is 51.1 Å². The lowest BCUT2D eigenvalue weighted by Crippen LogP contribution is -2.35. The molecular weight excluding hydrogens is 326 g/mol. The number of nitrogens with one attached hydrogen (secondary N) is 1. The number of rotatable bonds is 5. The van der Waals surface area contributed by atoms with Gasteiger partial charge in [0.25, 0.3) is 5.91 Å². The third-order valence-electron chi connectivity index (χ3n) is 2.51. The van der Waals surface area contributed by atoms with E-state index >= 15 is 0 Å². The molecule has 1 heterocycles. The number of amides is 1. The largest absolute Gasteiger partial charge is 0.481 e. The molecule has 0 radical (unpaired) electrons. The van der Waals surface area contributed by atoms with Crippen LogP contribution in [0.5, 0.6) is 5.75 Å². The number of hydrogen-bond donors (Lipinski definition) is 1. The summed E-state index contributed by atoms with van der Waals surface area (Å²) in [5, 5.41) is 4.84. The summed E-state index contributed by atoms with van der Waals surface area (Å²) in [6.07, 6.45) is -0.513. The first-order valence-electron chi connectivity index (χ1n) is 5.87. The highest BCUT2D eigenvalue weighted by molar-refractivity contribution is 9.10. The first-order chi connectivity index (χ1) is 9.15. The molecule has 2 aromatic rings. The van der Waals surface area contributed by atoms with Crippen molar-refractivity contribution in [3.8, 4) is 5.75 Å². The number of hydrogen-bond acceptors (Lipinski definition) is 3. The molecule has 0 unspecified atom stereocenters. The van der Waals surface area contributed by atoms with E-state index in [2.05, 4.69) is 21.2 Å². The SMILES string of the molecule is C[C@H](Oc1ccc(Br)cc1)C(=O)NCc1cccs1. The number of carbonyl (C=O) groups is 1. The van der Waals surface area contributed by atoms with Crippen LogP contribution in [-0.4, -0.2) is 12.0 Å². The molecule has 0 aliphatic heterocycles. The van der Waals surface area contributed by atoms with Gasteiger partial charge in [-0.25, -0.2) is 0 Å². The zero-order valence-electron chi connectivity index (χ0n) is 10.4. The second-order valence-electron chi connectivity index (χ2n) is 4.01. The highest BCUT2D eigenvalue weighted by Crippen LogP contribution is 2.17. The fourth-order valence-corrected chi connectivity index (χ4v) is 2.41. The van der Waals surface area contributed by atoms with Gasteiger partial charge in [-0.2, -0.15) is 0 Å². The van der Waals surface area contributed by atoms with Crippen LogP contribution < -0.4 is 10.1 Å². The lowest BCUT2D eigenvalue weighted by atomic mass is 10.3. The van der Waals surface area contributed by atoms with Crippen LogP contribution in [0.2, 0.25) is 0 Å². The van der Waals surface area contributed by atoms with Crippen LogP contribution in [0, 0.1) is 0 Å². The maximum absolute atomic E-state index is 11.9. The molecule has 100 valence electrons. The first-order valence-corrected chi connectivity index (χ1v) is 7.55. The van der Waals surface area contributed by atoms with Gasteiger partial charge in [0.05, 0.1) is 6.54 Å². The lowest BCUT2D eigenvalue weighted by Gasteiger charge is -2.14. The van der Waals surface area contributed by atoms with Crippen molar-refractivity contribution in [1.29, 1.82) is 0 Å². The molecule has 1 aromatic heterocycles. The minimum absolute atomic E-state index is 0.115. The van der Waals surface area contributed by atoms with Crippen LogP contribution >= 0.6 is 27.3 Å². The van der Waals surface area contributed by atoms with E-state index in [1.807, 2.05) is 41.8 Å². The van der Waals surface area contributed by atoms with Gasteiger partial charge < -0.3 is 10.1 Å². The number of benzene rings is 1. The third-order valence-corrected chi connectivity index (χ3v) is 3.92. The summed E-state index contributed by atoms with van der Waals surface area (Å²) in [4.78, 5) is 13.0. The molecule has 1 amide bonds. The van der Waals surface area contributed by atoms with E-state index in [0.717, 1.165) is 9.35 Å². The number of carbonyl (C=O) groups excluding carboxylic acids is 1. The second kappa shape index (κ2) is 6.73. The first kappa shape index (κ1) is 14.1. The van der Waals surface area contributed by atoms with Crippen molar-refractivity contribution in [3.63, 3.8) is 0 Å². The zero-order chi connectivity index (χ0) is 13.7. The molecule has 1 atom stereocenters. The zero-order valence-corrected chi connectivity index (χ0v) is 12.8. The standard InChI is InChI=1S/C14H14BrNO2S/c1-10(18-12-6-4-11(15)5-7-12)14(17)16-9-13-3-2-8-19-13/h2-8,10H,9H2,1H3,(H,16,17)/t10-/m0/s1. The Balaban J connectivity index is 1.83. The van der Waals surface area contributed by atoms with Crippen molar-refractivity contribution in [2.45, 2.75) is 19.6 Å². The van der Waals surface area contributed by atoms with Gasteiger partial charge in [-0.1, -0.05) is 22.0 Å². The van der Waals surface area contributed by atoms with E-state index in [1.54, 1.807) is 18.3 Å². The Hall–Kier alpha value is -1.33. The second-order valence-corrected chi connectivity index (χ2v) is 5.96. The monoisotopic (exact) mass is 339 g/mol. The molecule has 0 saturated carbocycles.